The van der Waals surface area contributed by atoms with E-state index in [0.29, 0.717) is 11.1 Å². The molecule has 0 radical (unpaired) electrons. The molecule has 0 unspecified atom stereocenters. The Kier molecular flexibility index (Phi) is 5.34. The molecular weight excluding hydrogens is 260 g/mol. The maximum atomic E-state index is 6.18. The van der Waals surface area contributed by atoms with E-state index in [1.807, 2.05) is 12.1 Å². The highest BCUT2D eigenvalue weighted by molar-refractivity contribution is 6.32. The number of methoxy groups -OCH3 is 1. The summed E-state index contributed by atoms with van der Waals surface area (Å²) in [7, 11) is 1.64. The molecule has 0 saturated carbocycles. The Morgan fingerprint density at radius 1 is 1.37 bits per heavy atom. The molecule has 1 fully saturated rings. The Morgan fingerprint density at radius 2 is 2.11 bits per heavy atom. The van der Waals surface area contributed by atoms with Gasteiger partial charge in [-0.05, 0) is 44.0 Å². The maximum absolute atomic E-state index is 6.18. The van der Waals surface area contributed by atoms with Gasteiger partial charge in [0.25, 0.3) is 0 Å². The highest BCUT2D eigenvalue weighted by Crippen LogP contribution is 2.30. The summed E-state index contributed by atoms with van der Waals surface area (Å²) in [6, 6.07) is 6.70. The van der Waals surface area contributed by atoms with Crippen LogP contribution in [0.4, 0.5) is 5.69 Å². The summed E-state index contributed by atoms with van der Waals surface area (Å²) in [6.07, 6.45) is 3.60. The summed E-state index contributed by atoms with van der Waals surface area (Å²) in [6.45, 7) is 5.51. The molecule has 1 aliphatic heterocycles. The highest BCUT2D eigenvalue weighted by Gasteiger charge is 2.19. The average molecular weight is 283 g/mol. The number of halogens is 1. The monoisotopic (exact) mass is 282 g/mol. The second-order valence-electron chi connectivity index (χ2n) is 5.03. The molecule has 0 aromatic heterocycles. The third-order valence-electron chi connectivity index (χ3n) is 3.68. The minimum absolute atomic E-state index is 0.671. The SMILES string of the molecule is CCCNC1CCN(c2ccc(OC)c(Cl)c2)CC1. The molecule has 1 aromatic rings. The maximum Gasteiger partial charge on any atom is 0.137 e. The Labute approximate surface area is 120 Å². The van der Waals surface area contributed by atoms with Crippen molar-refractivity contribution in [2.45, 2.75) is 32.2 Å². The van der Waals surface area contributed by atoms with Gasteiger partial charge in [0.1, 0.15) is 5.75 Å². The third-order valence-corrected chi connectivity index (χ3v) is 3.97. The van der Waals surface area contributed by atoms with Gasteiger partial charge in [-0.2, -0.15) is 0 Å². The summed E-state index contributed by atoms with van der Waals surface area (Å²) in [5.41, 5.74) is 1.19. The fraction of sp³-hybridized carbons (Fsp3) is 0.600. The normalized spacial score (nSPS) is 16.7. The number of rotatable bonds is 5. The van der Waals surface area contributed by atoms with Crippen molar-refractivity contribution in [3.8, 4) is 5.75 Å². The first-order valence-corrected chi connectivity index (χ1v) is 7.44. The molecule has 1 aliphatic rings. The smallest absolute Gasteiger partial charge is 0.137 e. The van der Waals surface area contributed by atoms with Crippen LogP contribution in [0.3, 0.4) is 0 Å². The van der Waals surface area contributed by atoms with Gasteiger partial charge < -0.3 is 15.0 Å². The molecule has 1 N–H and O–H groups in total. The van der Waals surface area contributed by atoms with Gasteiger partial charge in [-0.1, -0.05) is 18.5 Å². The van der Waals surface area contributed by atoms with Gasteiger partial charge in [0, 0.05) is 24.8 Å². The van der Waals surface area contributed by atoms with E-state index in [9.17, 15) is 0 Å². The fourth-order valence-electron chi connectivity index (χ4n) is 2.54. The molecule has 0 amide bonds. The number of nitrogens with one attached hydrogen (secondary N) is 1. The second kappa shape index (κ2) is 7.01. The number of benzene rings is 1. The molecule has 106 valence electrons. The standard InChI is InChI=1S/C15H23ClN2O/c1-3-8-17-12-6-9-18(10-7-12)13-4-5-15(19-2)14(16)11-13/h4-5,11-12,17H,3,6-10H2,1-2H3. The van der Waals surface area contributed by atoms with Gasteiger partial charge in [-0.15, -0.1) is 0 Å². The first-order valence-electron chi connectivity index (χ1n) is 7.06. The molecule has 4 heteroatoms. The lowest BCUT2D eigenvalue weighted by Gasteiger charge is -2.34. The number of anilines is 1. The molecule has 1 heterocycles. The van der Waals surface area contributed by atoms with Crippen LogP contribution in [0.15, 0.2) is 18.2 Å². The summed E-state index contributed by atoms with van der Waals surface area (Å²) in [5.74, 6) is 0.741. The number of ether oxygens (including phenoxy) is 1. The number of hydrogen-bond donors (Lipinski definition) is 1. The topological polar surface area (TPSA) is 24.5 Å². The molecule has 0 bridgehead atoms. The predicted octanol–water partition coefficient (Wildman–Crippen LogP) is 3.32. The minimum Gasteiger partial charge on any atom is -0.495 e. The van der Waals surface area contributed by atoms with Crippen molar-refractivity contribution < 1.29 is 4.74 Å². The first-order chi connectivity index (χ1) is 9.24. The van der Waals surface area contributed by atoms with Crippen LogP contribution in [0, 0.1) is 0 Å². The lowest BCUT2D eigenvalue weighted by molar-refractivity contribution is 0.412. The zero-order valence-electron chi connectivity index (χ0n) is 11.8. The van der Waals surface area contributed by atoms with E-state index < -0.39 is 0 Å². The lowest BCUT2D eigenvalue weighted by atomic mass is 10.0. The van der Waals surface area contributed by atoms with Crippen LogP contribution < -0.4 is 15.0 Å². The zero-order valence-corrected chi connectivity index (χ0v) is 12.5. The van der Waals surface area contributed by atoms with Crippen LogP contribution in [0.25, 0.3) is 0 Å². The molecule has 1 saturated heterocycles. The molecule has 1 aromatic carbocycles. The Hall–Kier alpha value is -0.930. The summed E-state index contributed by atoms with van der Waals surface area (Å²) < 4.78 is 5.19. The number of nitrogens with zero attached hydrogens (tertiary/aromatic N) is 1. The van der Waals surface area contributed by atoms with E-state index in [0.717, 1.165) is 25.4 Å². The predicted molar refractivity (Wildman–Crippen MR) is 81.5 cm³/mol. The van der Waals surface area contributed by atoms with Crippen LogP contribution in [0.5, 0.6) is 5.75 Å². The van der Waals surface area contributed by atoms with E-state index in [-0.39, 0.29) is 0 Å². The summed E-state index contributed by atoms with van der Waals surface area (Å²) in [4.78, 5) is 2.40. The van der Waals surface area contributed by atoms with Crippen LogP contribution >= 0.6 is 11.6 Å². The molecule has 3 nitrogen and oxygen atoms in total. The van der Waals surface area contributed by atoms with Crippen molar-refractivity contribution >= 4 is 17.3 Å². The Balaban J connectivity index is 1.92. The van der Waals surface area contributed by atoms with Crippen LogP contribution in [0.2, 0.25) is 5.02 Å². The van der Waals surface area contributed by atoms with E-state index in [1.54, 1.807) is 7.11 Å². The third kappa shape index (κ3) is 3.77. The van der Waals surface area contributed by atoms with Gasteiger partial charge in [-0.3, -0.25) is 0 Å². The minimum atomic E-state index is 0.671. The van der Waals surface area contributed by atoms with Gasteiger partial charge in [0.05, 0.1) is 12.1 Å². The molecule has 0 aliphatic carbocycles. The van der Waals surface area contributed by atoms with Crippen molar-refractivity contribution in [2.24, 2.45) is 0 Å². The van der Waals surface area contributed by atoms with Crippen LogP contribution in [0.1, 0.15) is 26.2 Å². The van der Waals surface area contributed by atoms with Crippen LogP contribution in [-0.2, 0) is 0 Å². The largest absolute Gasteiger partial charge is 0.495 e. The van der Waals surface area contributed by atoms with Crippen molar-refractivity contribution in [3.05, 3.63) is 23.2 Å². The molecule has 0 atom stereocenters. The van der Waals surface area contributed by atoms with E-state index in [4.69, 9.17) is 16.3 Å². The lowest BCUT2D eigenvalue weighted by Crippen LogP contribution is -2.42. The number of piperidine rings is 1. The Morgan fingerprint density at radius 3 is 2.68 bits per heavy atom. The summed E-state index contributed by atoms with van der Waals surface area (Å²) in [5, 5.41) is 4.29. The Bertz CT molecular complexity index is 403. The zero-order chi connectivity index (χ0) is 13.7. The van der Waals surface area contributed by atoms with Crippen molar-refractivity contribution in [3.63, 3.8) is 0 Å². The average Bonchev–Trinajstić information content (AvgIpc) is 2.45. The molecule has 19 heavy (non-hydrogen) atoms. The highest BCUT2D eigenvalue weighted by atomic mass is 35.5. The molecular formula is C15H23ClN2O. The molecule has 2 rings (SSSR count). The fourth-order valence-corrected chi connectivity index (χ4v) is 2.79. The van der Waals surface area contributed by atoms with Gasteiger partial charge in [0.2, 0.25) is 0 Å². The quantitative estimate of drug-likeness (QED) is 0.897. The van der Waals surface area contributed by atoms with E-state index in [1.165, 1.54) is 24.9 Å². The van der Waals surface area contributed by atoms with Crippen LogP contribution in [-0.4, -0.2) is 32.8 Å². The van der Waals surface area contributed by atoms with Gasteiger partial charge in [0.15, 0.2) is 0 Å². The van der Waals surface area contributed by atoms with Crippen molar-refractivity contribution in [1.82, 2.24) is 5.32 Å². The van der Waals surface area contributed by atoms with Gasteiger partial charge >= 0.3 is 0 Å². The first kappa shape index (κ1) is 14.5. The summed E-state index contributed by atoms with van der Waals surface area (Å²) >= 11 is 6.18. The molecule has 0 spiro atoms. The second-order valence-corrected chi connectivity index (χ2v) is 5.44. The van der Waals surface area contributed by atoms with Crippen molar-refractivity contribution in [1.29, 1.82) is 0 Å². The van der Waals surface area contributed by atoms with E-state index in [2.05, 4.69) is 23.2 Å². The number of hydrogen-bond acceptors (Lipinski definition) is 3. The van der Waals surface area contributed by atoms with Crippen molar-refractivity contribution in [2.75, 3.05) is 31.6 Å². The van der Waals surface area contributed by atoms with Gasteiger partial charge in [-0.25, -0.2) is 0 Å². The van der Waals surface area contributed by atoms with E-state index >= 15 is 0 Å².